The van der Waals surface area contributed by atoms with Crippen LogP contribution in [0.3, 0.4) is 0 Å². The highest BCUT2D eigenvalue weighted by atomic mass is 16.6. The van der Waals surface area contributed by atoms with E-state index in [9.17, 15) is 20.1 Å². The molecule has 2 unspecified atom stereocenters. The number of nitrogens with two attached hydrogens (primary N) is 1. The third-order valence-electron chi connectivity index (χ3n) is 5.41. The average molecular weight is 416 g/mol. The van der Waals surface area contributed by atoms with E-state index in [2.05, 4.69) is 32.1 Å². The number of aliphatic hydroxyl groups excluding tert-OH is 2. The molecule has 1 amide bonds. The summed E-state index contributed by atoms with van der Waals surface area (Å²) in [7, 11) is 0. The standard InChI is InChI=1S/C19H24N6O5/c1-2-21-17(28)14-12(26)13(27)18(30-14)25-9-22-11-15(20)23-10(24-16(11)25)5-8-19(29)6-3-4-7-19/h9,12-14,18,26-27,29H,2-4,6-7H2,1H3,(H,21,28)(H2,20,23,24)/t12?,13?,14-,18+/m0/s1. The molecule has 0 spiro atoms. The van der Waals surface area contributed by atoms with E-state index < -0.39 is 36.0 Å². The number of anilines is 1. The van der Waals surface area contributed by atoms with E-state index in [1.807, 2.05) is 0 Å². The van der Waals surface area contributed by atoms with E-state index in [1.165, 1.54) is 10.9 Å². The second-order valence-corrected chi connectivity index (χ2v) is 7.57. The van der Waals surface area contributed by atoms with Crippen LogP contribution in [0.5, 0.6) is 0 Å². The summed E-state index contributed by atoms with van der Waals surface area (Å²) >= 11 is 0. The molecule has 4 atom stereocenters. The van der Waals surface area contributed by atoms with Gasteiger partial charge in [0.15, 0.2) is 23.8 Å². The summed E-state index contributed by atoms with van der Waals surface area (Å²) in [5.41, 5.74) is 5.44. The number of rotatable bonds is 3. The molecule has 2 fully saturated rings. The summed E-state index contributed by atoms with van der Waals surface area (Å²) in [5, 5.41) is 33.7. The van der Waals surface area contributed by atoms with Crippen LogP contribution in [-0.4, -0.2) is 71.2 Å². The van der Waals surface area contributed by atoms with Gasteiger partial charge in [-0.05, 0) is 38.5 Å². The van der Waals surface area contributed by atoms with Crippen LogP contribution in [0.25, 0.3) is 11.2 Å². The van der Waals surface area contributed by atoms with E-state index in [4.69, 9.17) is 10.5 Å². The fourth-order valence-corrected chi connectivity index (χ4v) is 3.82. The lowest BCUT2D eigenvalue weighted by Crippen LogP contribution is -2.42. The summed E-state index contributed by atoms with van der Waals surface area (Å²) < 4.78 is 7.01. The highest BCUT2D eigenvalue weighted by molar-refractivity contribution is 5.83. The third-order valence-corrected chi connectivity index (χ3v) is 5.41. The van der Waals surface area contributed by atoms with Crippen LogP contribution in [0.1, 0.15) is 44.7 Å². The zero-order valence-electron chi connectivity index (χ0n) is 16.4. The van der Waals surface area contributed by atoms with Crippen molar-refractivity contribution in [2.45, 2.75) is 62.7 Å². The first-order chi connectivity index (χ1) is 14.3. The molecule has 6 N–H and O–H groups in total. The van der Waals surface area contributed by atoms with Gasteiger partial charge in [-0.25, -0.2) is 15.0 Å². The molecular formula is C19H24N6O5. The van der Waals surface area contributed by atoms with Gasteiger partial charge in [-0.2, -0.15) is 0 Å². The van der Waals surface area contributed by atoms with Crippen molar-refractivity contribution >= 4 is 22.9 Å². The van der Waals surface area contributed by atoms with Gasteiger partial charge in [-0.3, -0.25) is 9.36 Å². The number of amides is 1. The Balaban J connectivity index is 1.68. The number of ether oxygens (including phenoxy) is 1. The molecule has 0 radical (unpaired) electrons. The number of carbonyl (C=O) groups is 1. The van der Waals surface area contributed by atoms with Gasteiger partial charge < -0.3 is 31.1 Å². The van der Waals surface area contributed by atoms with Gasteiger partial charge in [-0.1, -0.05) is 5.92 Å². The van der Waals surface area contributed by atoms with Crippen molar-refractivity contribution in [3.05, 3.63) is 12.2 Å². The second-order valence-electron chi connectivity index (χ2n) is 7.57. The third kappa shape index (κ3) is 3.59. The van der Waals surface area contributed by atoms with E-state index in [1.54, 1.807) is 6.92 Å². The van der Waals surface area contributed by atoms with Gasteiger partial charge in [0.1, 0.15) is 23.3 Å². The van der Waals surface area contributed by atoms with Gasteiger partial charge in [0.2, 0.25) is 5.82 Å². The Labute approximate surface area is 172 Å². The molecule has 1 aliphatic heterocycles. The summed E-state index contributed by atoms with van der Waals surface area (Å²) in [6.07, 6.45) is -0.803. The molecule has 1 saturated heterocycles. The molecular weight excluding hydrogens is 392 g/mol. The van der Waals surface area contributed by atoms with Crippen molar-refractivity contribution in [1.82, 2.24) is 24.8 Å². The molecule has 0 aromatic carbocycles. The minimum absolute atomic E-state index is 0.0785. The molecule has 1 saturated carbocycles. The fraction of sp³-hybridized carbons (Fsp3) is 0.579. The van der Waals surface area contributed by atoms with Gasteiger partial charge in [0.05, 0.1) is 6.33 Å². The lowest BCUT2D eigenvalue weighted by atomic mass is 10.0. The molecule has 11 nitrogen and oxygen atoms in total. The summed E-state index contributed by atoms with van der Waals surface area (Å²) in [6.45, 7) is 2.10. The second kappa shape index (κ2) is 7.81. The molecule has 11 heteroatoms. The molecule has 1 aliphatic carbocycles. The van der Waals surface area contributed by atoms with Crippen molar-refractivity contribution in [3.8, 4) is 11.8 Å². The maximum absolute atomic E-state index is 12.1. The van der Waals surface area contributed by atoms with Gasteiger partial charge in [0, 0.05) is 6.54 Å². The van der Waals surface area contributed by atoms with Crippen LogP contribution in [0.2, 0.25) is 0 Å². The van der Waals surface area contributed by atoms with E-state index in [0.29, 0.717) is 19.4 Å². The number of hydrogen-bond acceptors (Lipinski definition) is 9. The number of fused-ring (bicyclic) bond motifs is 1. The van der Waals surface area contributed by atoms with E-state index >= 15 is 0 Å². The normalized spacial score (nSPS) is 27.7. The highest BCUT2D eigenvalue weighted by Gasteiger charge is 2.47. The Bertz CT molecular complexity index is 1020. The molecule has 2 aromatic rings. The number of aromatic nitrogens is 4. The smallest absolute Gasteiger partial charge is 0.252 e. The van der Waals surface area contributed by atoms with Crippen LogP contribution in [-0.2, 0) is 9.53 Å². The van der Waals surface area contributed by atoms with Crippen LogP contribution in [0, 0.1) is 11.8 Å². The molecule has 0 bridgehead atoms. The number of carbonyl (C=O) groups excluding carboxylic acids is 1. The number of nitrogen functional groups attached to an aromatic ring is 1. The molecule has 2 aliphatic rings. The maximum atomic E-state index is 12.1. The van der Waals surface area contributed by atoms with Crippen molar-refractivity contribution in [2.24, 2.45) is 0 Å². The van der Waals surface area contributed by atoms with Gasteiger partial charge >= 0.3 is 0 Å². The first kappa shape index (κ1) is 20.5. The van der Waals surface area contributed by atoms with Gasteiger partial charge in [-0.15, -0.1) is 0 Å². The molecule has 3 heterocycles. The largest absolute Gasteiger partial charge is 0.387 e. The zero-order chi connectivity index (χ0) is 21.5. The van der Waals surface area contributed by atoms with Crippen LogP contribution >= 0.6 is 0 Å². The van der Waals surface area contributed by atoms with Crippen molar-refractivity contribution in [3.63, 3.8) is 0 Å². The number of likely N-dealkylation sites (N-methyl/N-ethyl adjacent to an activating group) is 1. The van der Waals surface area contributed by atoms with Crippen LogP contribution < -0.4 is 11.1 Å². The minimum atomic E-state index is -1.42. The zero-order valence-corrected chi connectivity index (χ0v) is 16.4. The van der Waals surface area contributed by atoms with Crippen molar-refractivity contribution in [1.29, 1.82) is 0 Å². The maximum Gasteiger partial charge on any atom is 0.252 e. The lowest BCUT2D eigenvalue weighted by molar-refractivity contribution is -0.137. The summed E-state index contributed by atoms with van der Waals surface area (Å²) in [4.78, 5) is 24.7. The fourth-order valence-electron chi connectivity index (χ4n) is 3.82. The SMILES string of the molecule is CCNC(=O)[C@H]1O[C@@H](n2cnc3c(N)nc(C#CC4(O)CCCC4)nc32)C(O)C1O. The number of aliphatic hydroxyl groups is 3. The predicted octanol–water partition coefficient (Wildman–Crippen LogP) is -1.18. The first-order valence-corrected chi connectivity index (χ1v) is 9.88. The van der Waals surface area contributed by atoms with E-state index in [-0.39, 0.29) is 22.8 Å². The number of hydrogen-bond donors (Lipinski definition) is 5. The summed E-state index contributed by atoms with van der Waals surface area (Å²) in [6, 6.07) is 0. The van der Waals surface area contributed by atoms with Crippen LogP contribution in [0.4, 0.5) is 5.82 Å². The number of imidazole rings is 1. The van der Waals surface area contributed by atoms with E-state index in [0.717, 1.165) is 12.8 Å². The molecule has 4 rings (SSSR count). The monoisotopic (exact) mass is 416 g/mol. The Hall–Kier alpha value is -2.78. The van der Waals surface area contributed by atoms with Crippen molar-refractivity contribution < 1.29 is 24.9 Å². The molecule has 30 heavy (non-hydrogen) atoms. The Kier molecular flexibility index (Phi) is 5.33. The molecule has 2 aromatic heterocycles. The Morgan fingerprint density at radius 2 is 2.10 bits per heavy atom. The van der Waals surface area contributed by atoms with Crippen molar-refractivity contribution in [2.75, 3.05) is 12.3 Å². The quantitative estimate of drug-likeness (QED) is 0.387. The Morgan fingerprint density at radius 1 is 1.37 bits per heavy atom. The number of nitrogens with one attached hydrogen (secondary N) is 1. The van der Waals surface area contributed by atoms with Crippen LogP contribution in [0.15, 0.2) is 6.33 Å². The molecule has 160 valence electrons. The average Bonchev–Trinajstić information content (AvgIpc) is 3.40. The minimum Gasteiger partial charge on any atom is -0.387 e. The highest BCUT2D eigenvalue weighted by Crippen LogP contribution is 2.32. The number of nitrogens with zero attached hydrogens (tertiary/aromatic N) is 4. The first-order valence-electron chi connectivity index (χ1n) is 9.88. The predicted molar refractivity (Wildman–Crippen MR) is 105 cm³/mol. The Morgan fingerprint density at radius 3 is 2.80 bits per heavy atom. The van der Waals surface area contributed by atoms with Gasteiger partial charge in [0.25, 0.3) is 5.91 Å². The summed E-state index contributed by atoms with van der Waals surface area (Å²) in [5.74, 6) is 5.24. The topological polar surface area (TPSA) is 169 Å². The lowest BCUT2D eigenvalue weighted by Gasteiger charge is -2.16.